The summed E-state index contributed by atoms with van der Waals surface area (Å²) in [4.78, 5) is 34.6. The minimum absolute atomic E-state index is 0.235. The van der Waals surface area contributed by atoms with Crippen molar-refractivity contribution in [1.29, 1.82) is 0 Å². The Hall–Kier alpha value is -2.89. The maximum atomic E-state index is 12.7. The van der Waals surface area contributed by atoms with E-state index in [9.17, 15) is 9.59 Å². The first-order valence-electron chi connectivity index (χ1n) is 8.17. The van der Waals surface area contributed by atoms with Crippen molar-refractivity contribution in [3.8, 4) is 0 Å². The number of H-pyrrole nitrogens is 2. The summed E-state index contributed by atoms with van der Waals surface area (Å²) >= 11 is 0. The third kappa shape index (κ3) is 3.20. The second-order valence-electron chi connectivity index (χ2n) is 6.97. The van der Waals surface area contributed by atoms with Gasteiger partial charge < -0.3 is 15.3 Å². The molecule has 0 aliphatic heterocycles. The highest BCUT2D eigenvalue weighted by Gasteiger charge is 2.27. The molecule has 0 aliphatic rings. The van der Waals surface area contributed by atoms with Crippen LogP contribution in [0.1, 0.15) is 47.0 Å². The minimum atomic E-state index is -0.815. The largest absolute Gasteiger partial charge is 0.351 e. The number of nitrogens with one attached hydrogen (secondary N) is 3. The molecule has 3 rings (SSSR count). The van der Waals surface area contributed by atoms with E-state index in [0.29, 0.717) is 17.2 Å². The van der Waals surface area contributed by atoms with Gasteiger partial charge in [-0.1, -0.05) is 6.07 Å². The van der Waals surface area contributed by atoms with E-state index in [0.717, 1.165) is 16.5 Å². The maximum absolute atomic E-state index is 12.7. The number of amides is 1. The Balaban J connectivity index is 1.93. The number of aromatic nitrogens is 3. The van der Waals surface area contributed by atoms with Crippen molar-refractivity contribution in [3.05, 3.63) is 63.0 Å². The molecule has 0 atom stereocenters. The van der Waals surface area contributed by atoms with Crippen molar-refractivity contribution >= 4 is 16.8 Å². The fraction of sp³-hybridized carbons (Fsp3) is 0.316. The van der Waals surface area contributed by atoms with Crippen LogP contribution in [-0.4, -0.2) is 20.9 Å². The van der Waals surface area contributed by atoms with Gasteiger partial charge in [0.15, 0.2) is 0 Å². The smallest absolute Gasteiger partial charge is 0.268 e. The third-order valence-electron chi connectivity index (χ3n) is 4.48. The van der Waals surface area contributed by atoms with Crippen molar-refractivity contribution in [1.82, 2.24) is 20.3 Å². The predicted molar refractivity (Wildman–Crippen MR) is 97.9 cm³/mol. The molecule has 0 aliphatic carbocycles. The molecule has 25 heavy (non-hydrogen) atoms. The molecule has 0 saturated carbocycles. The van der Waals surface area contributed by atoms with Crippen LogP contribution in [0, 0.1) is 20.8 Å². The lowest BCUT2D eigenvalue weighted by Gasteiger charge is -2.25. The molecule has 3 aromatic rings. The summed E-state index contributed by atoms with van der Waals surface area (Å²) < 4.78 is 0. The number of rotatable bonds is 3. The number of aryl methyl sites for hydroxylation is 3. The number of hydrogen-bond donors (Lipinski definition) is 3. The molecular formula is C19H22N4O2. The Morgan fingerprint density at radius 2 is 1.84 bits per heavy atom. The summed E-state index contributed by atoms with van der Waals surface area (Å²) in [7, 11) is 0. The van der Waals surface area contributed by atoms with E-state index in [1.54, 1.807) is 20.8 Å². The van der Waals surface area contributed by atoms with Crippen LogP contribution in [0.4, 0.5) is 0 Å². The van der Waals surface area contributed by atoms with Crippen LogP contribution in [-0.2, 0) is 5.54 Å². The van der Waals surface area contributed by atoms with Crippen LogP contribution in [0.5, 0.6) is 0 Å². The van der Waals surface area contributed by atoms with E-state index in [1.165, 1.54) is 11.6 Å². The van der Waals surface area contributed by atoms with Gasteiger partial charge in [-0.25, -0.2) is 4.98 Å². The van der Waals surface area contributed by atoms with Crippen molar-refractivity contribution < 1.29 is 4.79 Å². The summed E-state index contributed by atoms with van der Waals surface area (Å²) in [6.07, 6.45) is 0. The van der Waals surface area contributed by atoms with Crippen LogP contribution in [0.3, 0.4) is 0 Å². The Morgan fingerprint density at radius 3 is 2.52 bits per heavy atom. The standard InChI is InChI=1S/C19H22N4O2/c1-10-6-7-14-13(12(10)3)9-15(21-14)17(25)23-19(4,5)18-20-11(2)8-16(24)22-18/h6-9,21H,1-5H3,(H,23,25)(H,20,22,24). The first kappa shape index (κ1) is 17.0. The average molecular weight is 338 g/mol. The fourth-order valence-electron chi connectivity index (χ4n) is 2.87. The first-order chi connectivity index (χ1) is 11.7. The predicted octanol–water partition coefficient (Wildman–Crippen LogP) is 2.84. The van der Waals surface area contributed by atoms with E-state index in [2.05, 4.69) is 20.3 Å². The number of carbonyl (C=O) groups excluding carboxylic acids is 1. The molecule has 0 radical (unpaired) electrons. The quantitative estimate of drug-likeness (QED) is 0.686. The molecule has 3 N–H and O–H groups in total. The number of nitrogens with zero attached hydrogens (tertiary/aromatic N) is 1. The molecule has 6 nitrogen and oxygen atoms in total. The summed E-state index contributed by atoms with van der Waals surface area (Å²) in [6.45, 7) is 9.45. The molecule has 0 saturated heterocycles. The highest BCUT2D eigenvalue weighted by atomic mass is 16.2. The molecule has 0 fully saturated rings. The zero-order valence-electron chi connectivity index (χ0n) is 15.1. The summed E-state index contributed by atoms with van der Waals surface area (Å²) in [5.74, 6) is 0.177. The van der Waals surface area contributed by atoms with Crippen LogP contribution in [0.2, 0.25) is 0 Å². The average Bonchev–Trinajstić information content (AvgIpc) is 2.95. The van der Waals surface area contributed by atoms with Crippen LogP contribution in [0.25, 0.3) is 10.9 Å². The highest BCUT2D eigenvalue weighted by Crippen LogP contribution is 2.23. The van der Waals surface area contributed by atoms with Gasteiger partial charge in [0.1, 0.15) is 11.5 Å². The van der Waals surface area contributed by atoms with Gasteiger partial charge in [0.2, 0.25) is 0 Å². The summed E-state index contributed by atoms with van der Waals surface area (Å²) in [5.41, 5.74) is 3.29. The lowest BCUT2D eigenvalue weighted by atomic mass is 10.0. The second kappa shape index (κ2) is 5.88. The summed E-state index contributed by atoms with van der Waals surface area (Å²) in [6, 6.07) is 7.28. The molecule has 2 aromatic heterocycles. The van der Waals surface area contributed by atoms with E-state index in [4.69, 9.17) is 0 Å². The Bertz CT molecular complexity index is 1030. The normalized spacial score (nSPS) is 11.7. The molecule has 1 aromatic carbocycles. The van der Waals surface area contributed by atoms with E-state index < -0.39 is 5.54 Å². The van der Waals surface area contributed by atoms with Gasteiger partial charge in [-0.3, -0.25) is 9.59 Å². The number of hydrogen-bond acceptors (Lipinski definition) is 3. The monoisotopic (exact) mass is 338 g/mol. The third-order valence-corrected chi connectivity index (χ3v) is 4.48. The molecule has 1 amide bonds. The Labute approximate surface area is 145 Å². The van der Waals surface area contributed by atoms with Gasteiger partial charge in [0.25, 0.3) is 11.5 Å². The number of benzene rings is 1. The van der Waals surface area contributed by atoms with Crippen molar-refractivity contribution in [2.24, 2.45) is 0 Å². The van der Waals surface area contributed by atoms with Crippen LogP contribution < -0.4 is 10.9 Å². The fourth-order valence-corrected chi connectivity index (χ4v) is 2.87. The maximum Gasteiger partial charge on any atom is 0.268 e. The van der Waals surface area contributed by atoms with Crippen molar-refractivity contribution in [3.63, 3.8) is 0 Å². The zero-order chi connectivity index (χ0) is 18.4. The van der Waals surface area contributed by atoms with Crippen LogP contribution >= 0.6 is 0 Å². The molecule has 6 heteroatoms. The zero-order valence-corrected chi connectivity index (χ0v) is 15.1. The van der Waals surface area contributed by atoms with Crippen LogP contribution in [0.15, 0.2) is 29.1 Å². The lowest BCUT2D eigenvalue weighted by molar-refractivity contribution is 0.0904. The van der Waals surface area contributed by atoms with Crippen molar-refractivity contribution in [2.45, 2.75) is 40.2 Å². The molecule has 0 spiro atoms. The first-order valence-corrected chi connectivity index (χ1v) is 8.17. The lowest BCUT2D eigenvalue weighted by Crippen LogP contribution is -2.43. The molecule has 0 bridgehead atoms. The van der Waals surface area contributed by atoms with Gasteiger partial charge in [0, 0.05) is 22.7 Å². The van der Waals surface area contributed by atoms with Gasteiger partial charge in [-0.05, 0) is 57.9 Å². The molecule has 2 heterocycles. The SMILES string of the molecule is Cc1cc(=O)[nH]c(C(C)(C)NC(=O)c2cc3c(C)c(C)ccc3[nH]2)n1. The van der Waals surface area contributed by atoms with Gasteiger partial charge in [0.05, 0.1) is 5.54 Å². The van der Waals surface area contributed by atoms with Gasteiger partial charge >= 0.3 is 0 Å². The van der Waals surface area contributed by atoms with E-state index in [-0.39, 0.29) is 11.5 Å². The Kier molecular flexibility index (Phi) is 3.99. The number of aromatic amines is 2. The van der Waals surface area contributed by atoms with Crippen molar-refractivity contribution in [2.75, 3.05) is 0 Å². The second-order valence-corrected chi connectivity index (χ2v) is 6.97. The van der Waals surface area contributed by atoms with E-state index >= 15 is 0 Å². The topological polar surface area (TPSA) is 90.6 Å². The number of fused-ring (bicyclic) bond motifs is 1. The van der Waals surface area contributed by atoms with Gasteiger partial charge in [-0.15, -0.1) is 0 Å². The molecule has 0 unspecified atom stereocenters. The summed E-state index contributed by atoms with van der Waals surface area (Å²) in [5, 5.41) is 3.97. The number of carbonyl (C=O) groups is 1. The van der Waals surface area contributed by atoms with Gasteiger partial charge in [-0.2, -0.15) is 0 Å². The minimum Gasteiger partial charge on any atom is -0.351 e. The Morgan fingerprint density at radius 1 is 1.12 bits per heavy atom. The highest BCUT2D eigenvalue weighted by molar-refractivity contribution is 5.99. The molecule has 130 valence electrons. The molecular weight excluding hydrogens is 316 g/mol. The van der Waals surface area contributed by atoms with E-state index in [1.807, 2.05) is 32.0 Å².